The van der Waals surface area contributed by atoms with E-state index in [1.807, 2.05) is 18.2 Å². The largest absolute Gasteiger partial charge is 0.292 e. The van der Waals surface area contributed by atoms with Gasteiger partial charge in [-0.25, -0.2) is 13.8 Å². The van der Waals surface area contributed by atoms with Crippen molar-refractivity contribution in [1.82, 2.24) is 9.55 Å². The molecule has 1 atom stereocenters. The molecular formula is C15H10BrClF2N2. The Bertz CT molecular complexity index is 830. The first-order valence-corrected chi connectivity index (χ1v) is 7.47. The zero-order chi connectivity index (χ0) is 15.1. The van der Waals surface area contributed by atoms with Crippen LogP contribution in [-0.4, -0.2) is 9.55 Å². The fourth-order valence-corrected chi connectivity index (χ4v) is 2.75. The summed E-state index contributed by atoms with van der Waals surface area (Å²) in [5.74, 6) is -0.769. The number of hydrogen-bond donors (Lipinski definition) is 0. The molecule has 1 heterocycles. The average Bonchev–Trinajstić information content (AvgIpc) is 2.77. The second-order valence-corrected chi connectivity index (χ2v) is 6.22. The van der Waals surface area contributed by atoms with Crippen LogP contribution >= 0.6 is 27.5 Å². The molecule has 0 N–H and O–H groups in total. The van der Waals surface area contributed by atoms with E-state index in [0.29, 0.717) is 16.9 Å². The van der Waals surface area contributed by atoms with Crippen molar-refractivity contribution in [3.8, 4) is 5.69 Å². The Hall–Kier alpha value is -1.46. The molecule has 0 radical (unpaired) electrons. The number of rotatable bonds is 2. The molecule has 0 spiro atoms. The minimum Gasteiger partial charge on any atom is -0.292 e. The van der Waals surface area contributed by atoms with Gasteiger partial charge in [0.05, 0.1) is 22.1 Å². The SMILES string of the molecule is CC(Cl)c1nc2cc(Br)ccc2n1-c1ccc(F)cc1F. The molecule has 1 unspecified atom stereocenters. The van der Waals surface area contributed by atoms with Crippen LogP contribution in [0.1, 0.15) is 18.1 Å². The summed E-state index contributed by atoms with van der Waals surface area (Å²) in [4.78, 5) is 4.45. The van der Waals surface area contributed by atoms with Gasteiger partial charge in [0.2, 0.25) is 0 Å². The van der Waals surface area contributed by atoms with E-state index in [0.717, 1.165) is 10.5 Å². The third-order valence-corrected chi connectivity index (χ3v) is 3.84. The Morgan fingerprint density at radius 1 is 1.19 bits per heavy atom. The van der Waals surface area contributed by atoms with Crippen molar-refractivity contribution in [2.75, 3.05) is 0 Å². The minimum absolute atomic E-state index is 0.226. The van der Waals surface area contributed by atoms with Crippen molar-refractivity contribution in [1.29, 1.82) is 0 Å². The summed E-state index contributed by atoms with van der Waals surface area (Å²) in [5.41, 5.74) is 1.63. The first-order chi connectivity index (χ1) is 9.97. The van der Waals surface area contributed by atoms with Crippen LogP contribution in [0.15, 0.2) is 40.9 Å². The molecule has 1 aromatic heterocycles. The highest BCUT2D eigenvalue weighted by atomic mass is 79.9. The van der Waals surface area contributed by atoms with Crippen LogP contribution < -0.4 is 0 Å². The Morgan fingerprint density at radius 3 is 2.62 bits per heavy atom. The van der Waals surface area contributed by atoms with Crippen molar-refractivity contribution >= 4 is 38.6 Å². The number of imidazole rings is 1. The predicted molar refractivity (Wildman–Crippen MR) is 83.0 cm³/mol. The van der Waals surface area contributed by atoms with Crippen LogP contribution in [0.4, 0.5) is 8.78 Å². The van der Waals surface area contributed by atoms with Gasteiger partial charge in [-0.15, -0.1) is 11.6 Å². The molecule has 2 nitrogen and oxygen atoms in total. The Balaban J connectivity index is 2.36. The van der Waals surface area contributed by atoms with Gasteiger partial charge in [0, 0.05) is 10.5 Å². The van der Waals surface area contributed by atoms with E-state index >= 15 is 0 Å². The van der Waals surface area contributed by atoms with Gasteiger partial charge in [-0.05, 0) is 37.3 Å². The fraction of sp³-hybridized carbons (Fsp3) is 0.133. The third kappa shape index (κ3) is 2.56. The molecule has 21 heavy (non-hydrogen) atoms. The number of benzene rings is 2. The first kappa shape index (κ1) is 14.5. The molecule has 6 heteroatoms. The molecule has 108 valence electrons. The van der Waals surface area contributed by atoms with Gasteiger partial charge in [0.15, 0.2) is 0 Å². The van der Waals surface area contributed by atoms with Crippen LogP contribution in [0.25, 0.3) is 16.7 Å². The lowest BCUT2D eigenvalue weighted by Gasteiger charge is -2.11. The molecule has 0 aliphatic carbocycles. The van der Waals surface area contributed by atoms with E-state index in [1.165, 1.54) is 12.1 Å². The van der Waals surface area contributed by atoms with Gasteiger partial charge in [-0.1, -0.05) is 15.9 Å². The first-order valence-electron chi connectivity index (χ1n) is 6.25. The Labute approximate surface area is 133 Å². The number of alkyl halides is 1. The van der Waals surface area contributed by atoms with Crippen molar-refractivity contribution in [2.24, 2.45) is 0 Å². The van der Waals surface area contributed by atoms with Gasteiger partial charge in [0.1, 0.15) is 17.5 Å². The second-order valence-electron chi connectivity index (χ2n) is 4.65. The lowest BCUT2D eigenvalue weighted by atomic mass is 10.2. The van der Waals surface area contributed by atoms with Crippen molar-refractivity contribution in [3.63, 3.8) is 0 Å². The van der Waals surface area contributed by atoms with Gasteiger partial charge in [0.25, 0.3) is 0 Å². The lowest BCUT2D eigenvalue weighted by molar-refractivity contribution is 0.577. The number of fused-ring (bicyclic) bond motifs is 1. The van der Waals surface area contributed by atoms with Crippen LogP contribution in [-0.2, 0) is 0 Å². The van der Waals surface area contributed by atoms with Gasteiger partial charge in [-0.3, -0.25) is 4.57 Å². The fourth-order valence-electron chi connectivity index (χ4n) is 2.25. The predicted octanol–water partition coefficient (Wildman–Crippen LogP) is 5.37. The maximum atomic E-state index is 14.1. The molecule has 0 aliphatic rings. The smallest absolute Gasteiger partial charge is 0.150 e. The second kappa shape index (κ2) is 5.39. The highest BCUT2D eigenvalue weighted by molar-refractivity contribution is 9.10. The van der Waals surface area contributed by atoms with E-state index in [-0.39, 0.29) is 5.69 Å². The Kier molecular flexibility index (Phi) is 3.71. The van der Waals surface area contributed by atoms with E-state index < -0.39 is 17.0 Å². The standard InChI is InChI=1S/C15H10BrClF2N2/c1-8(17)15-20-12-6-9(16)2-4-14(12)21(15)13-5-3-10(18)7-11(13)19/h2-8H,1H3. The summed E-state index contributed by atoms with van der Waals surface area (Å²) in [6, 6.07) is 8.93. The van der Waals surface area contributed by atoms with Gasteiger partial charge >= 0.3 is 0 Å². The molecule has 0 fully saturated rings. The molecule has 0 amide bonds. The van der Waals surface area contributed by atoms with Crippen molar-refractivity contribution in [3.05, 3.63) is 58.3 Å². The summed E-state index contributed by atoms with van der Waals surface area (Å²) in [6.07, 6.45) is 0. The van der Waals surface area contributed by atoms with Crippen molar-refractivity contribution < 1.29 is 8.78 Å². The number of halogens is 4. The van der Waals surface area contributed by atoms with E-state index in [4.69, 9.17) is 11.6 Å². The summed E-state index contributed by atoms with van der Waals surface area (Å²) in [6.45, 7) is 1.76. The van der Waals surface area contributed by atoms with Crippen LogP contribution in [0, 0.1) is 11.6 Å². The Morgan fingerprint density at radius 2 is 1.95 bits per heavy atom. The van der Waals surface area contributed by atoms with Gasteiger partial charge in [-0.2, -0.15) is 0 Å². The van der Waals surface area contributed by atoms with E-state index in [9.17, 15) is 8.78 Å². The topological polar surface area (TPSA) is 17.8 Å². The number of nitrogens with zero attached hydrogens (tertiary/aromatic N) is 2. The van der Waals surface area contributed by atoms with E-state index in [1.54, 1.807) is 11.5 Å². The highest BCUT2D eigenvalue weighted by Gasteiger charge is 2.19. The molecular weight excluding hydrogens is 362 g/mol. The number of hydrogen-bond acceptors (Lipinski definition) is 1. The van der Waals surface area contributed by atoms with E-state index in [2.05, 4.69) is 20.9 Å². The minimum atomic E-state index is -0.657. The summed E-state index contributed by atoms with van der Waals surface area (Å²) in [5, 5.41) is -0.416. The lowest BCUT2D eigenvalue weighted by Crippen LogP contribution is -2.04. The third-order valence-electron chi connectivity index (χ3n) is 3.15. The molecule has 3 rings (SSSR count). The summed E-state index contributed by atoms with van der Waals surface area (Å²) >= 11 is 9.54. The number of aromatic nitrogens is 2. The normalized spacial score (nSPS) is 12.8. The average molecular weight is 372 g/mol. The summed E-state index contributed by atoms with van der Waals surface area (Å²) in [7, 11) is 0. The molecule has 0 aliphatic heterocycles. The maximum absolute atomic E-state index is 14.1. The molecule has 0 saturated carbocycles. The highest BCUT2D eigenvalue weighted by Crippen LogP contribution is 2.30. The van der Waals surface area contributed by atoms with Crippen LogP contribution in [0.2, 0.25) is 0 Å². The molecule has 3 aromatic rings. The monoisotopic (exact) mass is 370 g/mol. The zero-order valence-electron chi connectivity index (χ0n) is 10.9. The van der Waals surface area contributed by atoms with Crippen molar-refractivity contribution in [2.45, 2.75) is 12.3 Å². The van der Waals surface area contributed by atoms with Gasteiger partial charge < -0.3 is 0 Å². The molecule has 0 saturated heterocycles. The molecule has 2 aromatic carbocycles. The summed E-state index contributed by atoms with van der Waals surface area (Å²) < 4.78 is 29.7. The van der Waals surface area contributed by atoms with Crippen LogP contribution in [0.3, 0.4) is 0 Å². The molecule has 0 bridgehead atoms. The quantitative estimate of drug-likeness (QED) is 0.554. The zero-order valence-corrected chi connectivity index (χ0v) is 13.3. The maximum Gasteiger partial charge on any atom is 0.150 e. The van der Waals surface area contributed by atoms with Crippen LogP contribution in [0.5, 0.6) is 0 Å².